The van der Waals surface area contributed by atoms with Gasteiger partial charge in [-0.25, -0.2) is 4.68 Å². The molecule has 0 radical (unpaired) electrons. The van der Waals surface area contributed by atoms with Crippen LogP contribution >= 0.6 is 0 Å². The van der Waals surface area contributed by atoms with Gasteiger partial charge in [0.2, 0.25) is 0 Å². The first-order chi connectivity index (χ1) is 10.4. The predicted octanol–water partition coefficient (Wildman–Crippen LogP) is 2.17. The van der Waals surface area contributed by atoms with Crippen LogP contribution in [0.1, 0.15) is 36.7 Å². The molecule has 0 N–H and O–H groups in total. The molecule has 2 aromatic heterocycles. The topological polar surface area (TPSA) is 61.4 Å². The molecule has 106 valence electrons. The summed E-state index contributed by atoms with van der Waals surface area (Å²) < 4.78 is 3.82. The van der Waals surface area contributed by atoms with Crippen LogP contribution in [0.2, 0.25) is 0 Å². The van der Waals surface area contributed by atoms with Crippen LogP contribution in [-0.2, 0) is 6.54 Å². The third kappa shape index (κ3) is 2.33. The van der Waals surface area contributed by atoms with Crippen molar-refractivity contribution < 1.29 is 0 Å². The number of hydrogen-bond acceptors (Lipinski definition) is 4. The molecule has 1 aromatic carbocycles. The molecule has 1 aliphatic carbocycles. The highest BCUT2D eigenvalue weighted by Gasteiger charge is 2.22. The first-order valence-electron chi connectivity index (χ1n) is 7.24. The second kappa shape index (κ2) is 5.12. The third-order valence-electron chi connectivity index (χ3n) is 4.04. The van der Waals surface area contributed by atoms with Crippen LogP contribution in [-0.4, -0.2) is 29.8 Å². The van der Waals surface area contributed by atoms with E-state index in [2.05, 4.69) is 20.5 Å². The fraction of sp³-hybridized carbons (Fsp3) is 0.333. The standard InChI is InChI=1S/C15H16N6/c1-2-7-13(8-3-1)21-11-16-18-15(21)10-20-9-14(17-19-20)12-5-4-6-12/h1-3,7-9,11-12H,4-6,10H2. The van der Waals surface area contributed by atoms with Crippen molar-refractivity contribution in [2.45, 2.75) is 31.7 Å². The normalized spacial score (nSPS) is 15.0. The van der Waals surface area contributed by atoms with Gasteiger partial charge >= 0.3 is 0 Å². The van der Waals surface area contributed by atoms with E-state index in [-0.39, 0.29) is 0 Å². The van der Waals surface area contributed by atoms with E-state index in [1.54, 1.807) is 6.33 Å². The molecule has 0 spiro atoms. The molecule has 1 aliphatic rings. The van der Waals surface area contributed by atoms with Crippen LogP contribution < -0.4 is 0 Å². The zero-order chi connectivity index (χ0) is 14.1. The Kier molecular flexibility index (Phi) is 2.99. The van der Waals surface area contributed by atoms with Crippen LogP contribution in [0, 0.1) is 0 Å². The molecule has 6 heteroatoms. The molecule has 3 aromatic rings. The Balaban J connectivity index is 1.57. The van der Waals surface area contributed by atoms with Gasteiger partial charge in [-0.3, -0.25) is 4.57 Å². The summed E-state index contributed by atoms with van der Waals surface area (Å²) in [5.41, 5.74) is 2.16. The molecule has 1 saturated carbocycles. The minimum Gasteiger partial charge on any atom is -0.284 e. The molecule has 6 nitrogen and oxygen atoms in total. The lowest BCUT2D eigenvalue weighted by atomic mass is 9.83. The van der Waals surface area contributed by atoms with Crippen LogP contribution in [0.5, 0.6) is 0 Å². The lowest BCUT2D eigenvalue weighted by molar-refractivity contribution is 0.410. The Morgan fingerprint density at radius 2 is 1.95 bits per heavy atom. The molecular weight excluding hydrogens is 264 g/mol. The Bertz CT molecular complexity index is 725. The maximum absolute atomic E-state index is 4.28. The second-order valence-corrected chi connectivity index (χ2v) is 5.42. The Morgan fingerprint density at radius 1 is 1.10 bits per heavy atom. The average Bonchev–Trinajstić information content (AvgIpc) is 3.08. The van der Waals surface area contributed by atoms with Gasteiger partial charge in [0.15, 0.2) is 5.82 Å². The molecule has 0 unspecified atom stereocenters. The molecule has 1 fully saturated rings. The minimum atomic E-state index is 0.578. The minimum absolute atomic E-state index is 0.578. The van der Waals surface area contributed by atoms with Gasteiger partial charge in [-0.1, -0.05) is 29.8 Å². The summed E-state index contributed by atoms with van der Waals surface area (Å²) in [5.74, 6) is 1.46. The third-order valence-corrected chi connectivity index (χ3v) is 4.04. The van der Waals surface area contributed by atoms with Gasteiger partial charge < -0.3 is 0 Å². The number of benzene rings is 1. The van der Waals surface area contributed by atoms with Gasteiger partial charge in [-0.2, -0.15) is 0 Å². The summed E-state index contributed by atoms with van der Waals surface area (Å²) in [4.78, 5) is 0. The number of para-hydroxylation sites is 1. The molecule has 0 atom stereocenters. The molecule has 0 bridgehead atoms. The molecular formula is C15H16N6. The first kappa shape index (κ1) is 12.3. The summed E-state index contributed by atoms with van der Waals surface area (Å²) in [5, 5.41) is 16.7. The summed E-state index contributed by atoms with van der Waals surface area (Å²) in [6.45, 7) is 0.578. The molecule has 0 aliphatic heterocycles. The highest BCUT2D eigenvalue weighted by atomic mass is 15.4. The Morgan fingerprint density at radius 3 is 2.71 bits per heavy atom. The van der Waals surface area contributed by atoms with Crippen molar-refractivity contribution in [3.63, 3.8) is 0 Å². The van der Waals surface area contributed by atoms with E-state index >= 15 is 0 Å². The largest absolute Gasteiger partial charge is 0.284 e. The average molecular weight is 280 g/mol. The van der Waals surface area contributed by atoms with Gasteiger partial charge in [-0.05, 0) is 25.0 Å². The highest BCUT2D eigenvalue weighted by Crippen LogP contribution is 2.34. The zero-order valence-electron chi connectivity index (χ0n) is 11.6. The zero-order valence-corrected chi connectivity index (χ0v) is 11.6. The van der Waals surface area contributed by atoms with Crippen molar-refractivity contribution in [2.24, 2.45) is 0 Å². The van der Waals surface area contributed by atoms with Crippen LogP contribution in [0.25, 0.3) is 5.69 Å². The van der Waals surface area contributed by atoms with Crippen molar-refractivity contribution in [3.05, 3.63) is 54.4 Å². The Hall–Kier alpha value is -2.50. The van der Waals surface area contributed by atoms with E-state index in [9.17, 15) is 0 Å². The maximum atomic E-state index is 4.28. The monoisotopic (exact) mass is 280 g/mol. The van der Waals surface area contributed by atoms with Gasteiger partial charge in [-0.15, -0.1) is 15.3 Å². The Labute approximate surface area is 122 Å². The quantitative estimate of drug-likeness (QED) is 0.735. The van der Waals surface area contributed by atoms with E-state index in [1.807, 2.05) is 45.8 Å². The van der Waals surface area contributed by atoms with Crippen molar-refractivity contribution in [1.29, 1.82) is 0 Å². The lowest BCUT2D eigenvalue weighted by Crippen LogP contribution is -2.09. The van der Waals surface area contributed by atoms with E-state index in [4.69, 9.17) is 0 Å². The SMILES string of the molecule is c1ccc(-n2cnnc2Cn2cc(C3CCC3)nn2)cc1. The number of rotatable bonds is 4. The van der Waals surface area contributed by atoms with Crippen LogP contribution in [0.3, 0.4) is 0 Å². The highest BCUT2D eigenvalue weighted by molar-refractivity contribution is 5.32. The number of nitrogens with zero attached hydrogens (tertiary/aromatic N) is 6. The molecule has 2 heterocycles. The fourth-order valence-electron chi connectivity index (χ4n) is 2.60. The van der Waals surface area contributed by atoms with Gasteiger partial charge in [0.1, 0.15) is 12.9 Å². The van der Waals surface area contributed by atoms with Gasteiger partial charge in [0.25, 0.3) is 0 Å². The molecule has 0 saturated heterocycles. The second-order valence-electron chi connectivity index (χ2n) is 5.42. The van der Waals surface area contributed by atoms with Crippen molar-refractivity contribution in [2.75, 3.05) is 0 Å². The van der Waals surface area contributed by atoms with Gasteiger partial charge in [0.05, 0.1) is 5.69 Å². The number of aromatic nitrogens is 6. The van der Waals surface area contributed by atoms with Crippen LogP contribution in [0.4, 0.5) is 0 Å². The van der Waals surface area contributed by atoms with E-state index in [0.717, 1.165) is 17.2 Å². The van der Waals surface area contributed by atoms with Crippen molar-refractivity contribution in [3.8, 4) is 5.69 Å². The summed E-state index contributed by atoms with van der Waals surface area (Å²) in [6.07, 6.45) is 7.54. The number of hydrogen-bond donors (Lipinski definition) is 0. The maximum Gasteiger partial charge on any atom is 0.159 e. The first-order valence-corrected chi connectivity index (χ1v) is 7.24. The summed E-state index contributed by atoms with van der Waals surface area (Å²) in [7, 11) is 0. The van der Waals surface area contributed by atoms with E-state index in [1.165, 1.54) is 19.3 Å². The smallest absolute Gasteiger partial charge is 0.159 e. The van der Waals surface area contributed by atoms with Gasteiger partial charge in [0, 0.05) is 17.8 Å². The molecule has 0 amide bonds. The summed E-state index contributed by atoms with van der Waals surface area (Å²) in [6, 6.07) is 10.1. The van der Waals surface area contributed by atoms with Crippen molar-refractivity contribution >= 4 is 0 Å². The fourth-order valence-corrected chi connectivity index (χ4v) is 2.60. The lowest BCUT2D eigenvalue weighted by Gasteiger charge is -2.22. The van der Waals surface area contributed by atoms with Crippen molar-refractivity contribution in [1.82, 2.24) is 29.8 Å². The van der Waals surface area contributed by atoms with E-state index in [0.29, 0.717) is 12.5 Å². The summed E-state index contributed by atoms with van der Waals surface area (Å²) >= 11 is 0. The molecule has 21 heavy (non-hydrogen) atoms. The van der Waals surface area contributed by atoms with Crippen LogP contribution in [0.15, 0.2) is 42.9 Å². The van der Waals surface area contributed by atoms with E-state index < -0.39 is 0 Å². The predicted molar refractivity (Wildman–Crippen MR) is 77.1 cm³/mol. The molecule has 4 rings (SSSR count).